The van der Waals surface area contributed by atoms with E-state index in [9.17, 15) is 0 Å². The molecule has 0 N–H and O–H groups in total. The fourth-order valence-electron chi connectivity index (χ4n) is 3.09. The number of hydrogen-bond acceptors (Lipinski definition) is 5. The fourth-order valence-corrected chi connectivity index (χ4v) is 3.97. The minimum Gasteiger partial charge on any atom is -0.378 e. The first-order chi connectivity index (χ1) is 11.9. The van der Waals surface area contributed by atoms with Gasteiger partial charge in [-0.3, -0.25) is 0 Å². The maximum Gasteiger partial charge on any atom is 0.186 e. The van der Waals surface area contributed by atoms with Crippen molar-refractivity contribution in [2.45, 2.75) is 13.0 Å². The lowest BCUT2D eigenvalue weighted by atomic mass is 10.1. The van der Waals surface area contributed by atoms with Crippen molar-refractivity contribution in [2.24, 2.45) is 0 Å². The van der Waals surface area contributed by atoms with Gasteiger partial charge in [-0.1, -0.05) is 18.2 Å². The molecule has 0 bridgehead atoms. The van der Waals surface area contributed by atoms with Crippen LogP contribution in [0, 0.1) is 11.3 Å². The Balaban J connectivity index is 1.71. The third-order valence-electron chi connectivity index (χ3n) is 4.30. The van der Waals surface area contributed by atoms with Gasteiger partial charge in [0.25, 0.3) is 0 Å². The zero-order valence-corrected chi connectivity index (χ0v) is 14.1. The second-order valence-electron chi connectivity index (χ2n) is 5.78. The molecular formula is C18H18N4OS. The monoisotopic (exact) mass is 338 g/mol. The molecule has 0 radical (unpaired) electrons. The Morgan fingerprint density at radius 1 is 1.25 bits per heavy atom. The normalized spacial score (nSPS) is 14.9. The first-order valence-electron chi connectivity index (χ1n) is 8.10. The predicted octanol–water partition coefficient (Wildman–Crippen LogP) is 3.52. The fraction of sp³-hybridized carbons (Fsp3) is 0.333. The van der Waals surface area contributed by atoms with Gasteiger partial charge in [-0.05, 0) is 6.07 Å². The van der Waals surface area contributed by atoms with E-state index < -0.39 is 0 Å². The number of fused-ring (bicyclic) bond motifs is 1. The molecule has 1 aromatic carbocycles. The van der Waals surface area contributed by atoms with E-state index in [1.165, 1.54) is 5.39 Å². The van der Waals surface area contributed by atoms with Gasteiger partial charge >= 0.3 is 0 Å². The molecule has 1 aliphatic rings. The van der Waals surface area contributed by atoms with Gasteiger partial charge in [0.1, 0.15) is 0 Å². The molecule has 0 unspecified atom stereocenters. The Labute approximate surface area is 144 Å². The highest BCUT2D eigenvalue weighted by molar-refractivity contribution is 7.14. The Morgan fingerprint density at radius 2 is 2.08 bits per heavy atom. The first-order valence-corrected chi connectivity index (χ1v) is 8.98. The molecule has 0 amide bonds. The minimum absolute atomic E-state index is 0.508. The van der Waals surface area contributed by atoms with Crippen LogP contribution in [0.25, 0.3) is 22.2 Å². The highest BCUT2D eigenvalue weighted by Crippen LogP contribution is 2.34. The van der Waals surface area contributed by atoms with Crippen LogP contribution in [0.4, 0.5) is 5.13 Å². The van der Waals surface area contributed by atoms with Crippen LogP contribution in [0.15, 0.2) is 35.8 Å². The molecule has 0 aliphatic carbocycles. The number of rotatable bonds is 4. The van der Waals surface area contributed by atoms with Crippen molar-refractivity contribution >= 4 is 27.4 Å². The molecule has 24 heavy (non-hydrogen) atoms. The number of para-hydroxylation sites is 1. The maximum atomic E-state index is 8.88. The molecule has 0 atom stereocenters. The van der Waals surface area contributed by atoms with Gasteiger partial charge in [-0.2, -0.15) is 5.26 Å². The van der Waals surface area contributed by atoms with Crippen molar-refractivity contribution in [3.05, 3.63) is 35.8 Å². The largest absolute Gasteiger partial charge is 0.378 e. The Kier molecular flexibility index (Phi) is 4.20. The van der Waals surface area contributed by atoms with Gasteiger partial charge in [0.2, 0.25) is 0 Å². The van der Waals surface area contributed by atoms with E-state index in [1.54, 1.807) is 11.3 Å². The lowest BCUT2D eigenvalue weighted by Crippen LogP contribution is -2.36. The second-order valence-corrected chi connectivity index (χ2v) is 6.61. The van der Waals surface area contributed by atoms with E-state index in [-0.39, 0.29) is 0 Å². The Morgan fingerprint density at radius 3 is 2.92 bits per heavy atom. The topological polar surface area (TPSA) is 54.1 Å². The van der Waals surface area contributed by atoms with Crippen molar-refractivity contribution in [1.29, 1.82) is 5.26 Å². The number of benzene rings is 1. The third kappa shape index (κ3) is 2.77. The molecule has 2 aromatic heterocycles. The third-order valence-corrected chi connectivity index (χ3v) is 5.20. The van der Waals surface area contributed by atoms with Crippen LogP contribution in [0.3, 0.4) is 0 Å². The average molecular weight is 338 g/mol. The summed E-state index contributed by atoms with van der Waals surface area (Å²) in [6.07, 6.45) is 2.63. The van der Waals surface area contributed by atoms with Crippen molar-refractivity contribution in [1.82, 2.24) is 9.55 Å². The summed E-state index contributed by atoms with van der Waals surface area (Å²) in [6, 6.07) is 10.5. The highest BCUT2D eigenvalue weighted by atomic mass is 32.1. The number of nitrogens with zero attached hydrogens (tertiary/aromatic N) is 4. The number of morpholine rings is 1. The van der Waals surface area contributed by atoms with Gasteiger partial charge < -0.3 is 14.2 Å². The molecule has 1 aliphatic heterocycles. The highest BCUT2D eigenvalue weighted by Gasteiger charge is 2.17. The Bertz CT molecular complexity index is 886. The van der Waals surface area contributed by atoms with E-state index in [0.717, 1.165) is 48.2 Å². The van der Waals surface area contributed by atoms with Gasteiger partial charge in [0.15, 0.2) is 5.13 Å². The van der Waals surface area contributed by atoms with Crippen LogP contribution in [0.2, 0.25) is 0 Å². The minimum atomic E-state index is 0.508. The summed E-state index contributed by atoms with van der Waals surface area (Å²) in [5.74, 6) is 0. The van der Waals surface area contributed by atoms with Gasteiger partial charge in [0, 0.05) is 47.7 Å². The summed E-state index contributed by atoms with van der Waals surface area (Å²) in [4.78, 5) is 7.14. The van der Waals surface area contributed by atoms with E-state index in [1.807, 2.05) is 6.07 Å². The van der Waals surface area contributed by atoms with Crippen LogP contribution in [-0.4, -0.2) is 35.9 Å². The average Bonchev–Trinajstić information content (AvgIpc) is 3.26. The summed E-state index contributed by atoms with van der Waals surface area (Å²) in [7, 11) is 0. The first kappa shape index (κ1) is 15.2. The summed E-state index contributed by atoms with van der Waals surface area (Å²) in [5, 5.41) is 13.3. The summed E-state index contributed by atoms with van der Waals surface area (Å²) in [5.41, 5.74) is 3.30. The van der Waals surface area contributed by atoms with E-state index in [2.05, 4.69) is 45.3 Å². The zero-order valence-electron chi connectivity index (χ0n) is 13.3. The molecule has 0 spiro atoms. The molecule has 4 rings (SSSR count). The summed E-state index contributed by atoms with van der Waals surface area (Å²) in [6.45, 7) is 4.04. The van der Waals surface area contributed by atoms with Gasteiger partial charge in [-0.25, -0.2) is 4.98 Å². The molecular weight excluding hydrogens is 320 g/mol. The van der Waals surface area contributed by atoms with Crippen molar-refractivity contribution in [2.75, 3.05) is 31.2 Å². The van der Waals surface area contributed by atoms with E-state index in [0.29, 0.717) is 13.0 Å². The molecule has 3 aromatic rings. The summed E-state index contributed by atoms with van der Waals surface area (Å²) >= 11 is 1.68. The lowest BCUT2D eigenvalue weighted by Gasteiger charge is -2.25. The SMILES string of the molecule is N#CCCn1cc(-c2csc(N3CCOCC3)n2)c2ccccc21. The number of aromatic nitrogens is 2. The van der Waals surface area contributed by atoms with Crippen LogP contribution >= 0.6 is 11.3 Å². The number of thiazole rings is 1. The number of hydrogen-bond donors (Lipinski definition) is 0. The Hall–Kier alpha value is -2.36. The van der Waals surface area contributed by atoms with Crippen LogP contribution in [-0.2, 0) is 11.3 Å². The lowest BCUT2D eigenvalue weighted by molar-refractivity contribution is 0.122. The van der Waals surface area contributed by atoms with E-state index in [4.69, 9.17) is 15.0 Å². The second kappa shape index (κ2) is 6.63. The van der Waals surface area contributed by atoms with Crippen LogP contribution < -0.4 is 4.90 Å². The quantitative estimate of drug-likeness (QED) is 0.730. The molecule has 3 heterocycles. The van der Waals surface area contributed by atoms with Crippen molar-refractivity contribution in [3.8, 4) is 17.3 Å². The van der Waals surface area contributed by atoms with E-state index >= 15 is 0 Å². The maximum absolute atomic E-state index is 8.88. The number of aryl methyl sites for hydroxylation is 1. The number of ether oxygens (including phenoxy) is 1. The zero-order chi connectivity index (χ0) is 16.4. The molecule has 122 valence electrons. The standard InChI is InChI=1S/C18H18N4OS/c19-6-3-7-22-12-15(14-4-1-2-5-17(14)22)16-13-24-18(20-16)21-8-10-23-11-9-21/h1-2,4-5,12-13H,3,7-11H2. The molecule has 1 saturated heterocycles. The van der Waals surface area contributed by atoms with Gasteiger partial charge in [0.05, 0.1) is 31.4 Å². The molecule has 6 heteroatoms. The molecule has 1 fully saturated rings. The summed E-state index contributed by atoms with van der Waals surface area (Å²) < 4.78 is 7.57. The number of anilines is 1. The smallest absolute Gasteiger partial charge is 0.186 e. The van der Waals surface area contributed by atoms with Crippen LogP contribution in [0.5, 0.6) is 0 Å². The number of nitriles is 1. The van der Waals surface area contributed by atoms with Crippen molar-refractivity contribution < 1.29 is 4.74 Å². The molecule has 0 saturated carbocycles. The van der Waals surface area contributed by atoms with Crippen LogP contribution in [0.1, 0.15) is 6.42 Å². The van der Waals surface area contributed by atoms with Crippen molar-refractivity contribution in [3.63, 3.8) is 0 Å². The predicted molar refractivity (Wildman–Crippen MR) is 96.3 cm³/mol. The van der Waals surface area contributed by atoms with Gasteiger partial charge in [-0.15, -0.1) is 11.3 Å². The molecule has 5 nitrogen and oxygen atoms in total.